The molecule has 0 N–H and O–H groups in total. The molecule has 0 unspecified atom stereocenters. The van der Waals surface area contributed by atoms with E-state index in [9.17, 15) is 13.2 Å². The molecule has 0 atom stereocenters. The van der Waals surface area contributed by atoms with E-state index < -0.39 is 16.0 Å². The van der Waals surface area contributed by atoms with Crippen LogP contribution in [0, 0.1) is 6.92 Å². The zero-order valence-electron chi connectivity index (χ0n) is 12.0. The minimum absolute atomic E-state index is 0.0497. The predicted molar refractivity (Wildman–Crippen MR) is 72.4 cm³/mol. The van der Waals surface area contributed by atoms with Crippen molar-refractivity contribution in [2.24, 2.45) is 0 Å². The number of nitrogens with zero attached hydrogens (tertiary/aromatic N) is 4. The van der Waals surface area contributed by atoms with Crippen LogP contribution in [-0.4, -0.2) is 47.3 Å². The zero-order valence-corrected chi connectivity index (χ0v) is 12.8. The number of ether oxygens (including phenoxy) is 1. The number of sulfonamides is 1. The number of esters is 1. The van der Waals surface area contributed by atoms with E-state index in [0.29, 0.717) is 12.2 Å². The Bertz CT molecular complexity index is 822. The molecule has 0 saturated carbocycles. The van der Waals surface area contributed by atoms with Crippen LogP contribution in [0.25, 0.3) is 0 Å². The van der Waals surface area contributed by atoms with Crippen molar-refractivity contribution in [3.05, 3.63) is 29.4 Å². The first kappa shape index (κ1) is 14.7. The van der Waals surface area contributed by atoms with E-state index >= 15 is 0 Å². The third-order valence-electron chi connectivity index (χ3n) is 3.48. The fourth-order valence-electron chi connectivity index (χ4n) is 2.33. The molecule has 3 heterocycles. The minimum atomic E-state index is -3.69. The Hall–Kier alpha value is -2.20. The van der Waals surface area contributed by atoms with Crippen molar-refractivity contribution in [2.75, 3.05) is 13.7 Å². The van der Waals surface area contributed by atoms with Gasteiger partial charge in [-0.2, -0.15) is 9.40 Å². The molecule has 2 aromatic heterocycles. The fourth-order valence-corrected chi connectivity index (χ4v) is 3.81. The van der Waals surface area contributed by atoms with Gasteiger partial charge in [-0.1, -0.05) is 5.16 Å². The second-order valence-electron chi connectivity index (χ2n) is 4.82. The van der Waals surface area contributed by atoms with Crippen LogP contribution in [0.3, 0.4) is 0 Å². The summed E-state index contributed by atoms with van der Waals surface area (Å²) < 4.78 is 37.5. The summed E-state index contributed by atoms with van der Waals surface area (Å²) in [4.78, 5) is 11.5. The molecule has 0 radical (unpaired) electrons. The Labute approximate surface area is 126 Å². The van der Waals surface area contributed by atoms with Gasteiger partial charge in [0, 0.05) is 6.54 Å². The van der Waals surface area contributed by atoms with Crippen LogP contribution in [0.2, 0.25) is 0 Å². The van der Waals surface area contributed by atoms with Gasteiger partial charge in [-0.15, -0.1) is 0 Å². The third-order valence-corrected chi connectivity index (χ3v) is 5.42. The SMILES string of the molecule is COC(=O)c1cc2n(n1)CCN(S(=O)(=O)c1cnoc1C)C2. The molecule has 0 bridgehead atoms. The fraction of sp³-hybridized carbons (Fsp3) is 0.417. The molecule has 0 fully saturated rings. The molecule has 0 aromatic carbocycles. The van der Waals surface area contributed by atoms with Crippen LogP contribution < -0.4 is 0 Å². The van der Waals surface area contributed by atoms with E-state index in [1.54, 1.807) is 11.6 Å². The largest absolute Gasteiger partial charge is 0.464 e. The quantitative estimate of drug-likeness (QED) is 0.740. The van der Waals surface area contributed by atoms with Gasteiger partial charge < -0.3 is 9.26 Å². The van der Waals surface area contributed by atoms with Crippen molar-refractivity contribution >= 4 is 16.0 Å². The molecule has 0 amide bonds. The highest BCUT2D eigenvalue weighted by atomic mass is 32.2. The molecule has 22 heavy (non-hydrogen) atoms. The Morgan fingerprint density at radius 3 is 2.82 bits per heavy atom. The number of hydrogen-bond acceptors (Lipinski definition) is 7. The lowest BCUT2D eigenvalue weighted by atomic mass is 10.3. The number of aromatic nitrogens is 3. The van der Waals surface area contributed by atoms with Gasteiger partial charge in [0.25, 0.3) is 0 Å². The van der Waals surface area contributed by atoms with E-state index in [1.165, 1.54) is 23.7 Å². The molecule has 1 aliphatic rings. The first-order chi connectivity index (χ1) is 10.4. The molecule has 1 aliphatic heterocycles. The van der Waals surface area contributed by atoms with E-state index in [2.05, 4.69) is 15.0 Å². The van der Waals surface area contributed by atoms with Gasteiger partial charge in [0.15, 0.2) is 11.5 Å². The summed E-state index contributed by atoms with van der Waals surface area (Å²) in [5.74, 6) is -0.305. The molecule has 0 aliphatic carbocycles. The molecule has 3 rings (SSSR count). The third kappa shape index (κ3) is 2.29. The first-order valence-electron chi connectivity index (χ1n) is 6.50. The number of carbonyl (C=O) groups is 1. The summed E-state index contributed by atoms with van der Waals surface area (Å²) in [6, 6.07) is 1.54. The Morgan fingerprint density at radius 1 is 1.41 bits per heavy atom. The number of carbonyl (C=O) groups excluding carboxylic acids is 1. The van der Waals surface area contributed by atoms with Crippen molar-refractivity contribution in [2.45, 2.75) is 24.9 Å². The van der Waals surface area contributed by atoms with Crippen LogP contribution >= 0.6 is 0 Å². The lowest BCUT2D eigenvalue weighted by Gasteiger charge is -2.26. The monoisotopic (exact) mass is 326 g/mol. The maximum Gasteiger partial charge on any atom is 0.358 e. The highest BCUT2D eigenvalue weighted by Crippen LogP contribution is 2.24. The Kier molecular flexibility index (Phi) is 3.49. The average Bonchev–Trinajstić information content (AvgIpc) is 3.11. The maximum atomic E-state index is 12.6. The molecule has 118 valence electrons. The zero-order chi connectivity index (χ0) is 15.9. The lowest BCUT2D eigenvalue weighted by Crippen LogP contribution is -2.38. The van der Waals surface area contributed by atoms with Crippen LogP contribution in [0.4, 0.5) is 0 Å². The summed E-state index contributed by atoms with van der Waals surface area (Å²) in [7, 11) is -2.42. The highest BCUT2D eigenvalue weighted by Gasteiger charge is 2.32. The Morgan fingerprint density at radius 2 is 2.18 bits per heavy atom. The normalized spacial score (nSPS) is 15.5. The average molecular weight is 326 g/mol. The standard InChI is InChI=1S/C12H14N4O5S/c1-8-11(6-13-21-8)22(18,19)15-3-4-16-9(7-15)5-10(14-16)12(17)20-2/h5-6H,3-4,7H2,1-2H3. The van der Waals surface area contributed by atoms with Gasteiger partial charge in [-0.25, -0.2) is 13.2 Å². The first-order valence-corrected chi connectivity index (χ1v) is 7.94. The van der Waals surface area contributed by atoms with Crippen molar-refractivity contribution in [1.29, 1.82) is 0 Å². The van der Waals surface area contributed by atoms with E-state index in [1.807, 2.05) is 0 Å². The molecular weight excluding hydrogens is 312 g/mol. The van der Waals surface area contributed by atoms with Crippen molar-refractivity contribution in [3.8, 4) is 0 Å². The van der Waals surface area contributed by atoms with Gasteiger partial charge in [-0.05, 0) is 13.0 Å². The molecule has 10 heteroatoms. The number of hydrogen-bond donors (Lipinski definition) is 0. The second-order valence-corrected chi connectivity index (χ2v) is 6.73. The smallest absolute Gasteiger partial charge is 0.358 e. The highest BCUT2D eigenvalue weighted by molar-refractivity contribution is 7.89. The van der Waals surface area contributed by atoms with Crippen molar-refractivity contribution in [3.63, 3.8) is 0 Å². The summed E-state index contributed by atoms with van der Waals surface area (Å²) in [6.45, 7) is 2.28. The minimum Gasteiger partial charge on any atom is -0.464 e. The molecule has 0 spiro atoms. The van der Waals surface area contributed by atoms with Crippen molar-refractivity contribution in [1.82, 2.24) is 19.2 Å². The molecule has 9 nitrogen and oxygen atoms in total. The van der Waals surface area contributed by atoms with E-state index in [4.69, 9.17) is 4.52 Å². The summed E-state index contributed by atoms with van der Waals surface area (Å²) in [6.07, 6.45) is 1.19. The maximum absolute atomic E-state index is 12.6. The summed E-state index contributed by atoms with van der Waals surface area (Å²) in [5, 5.41) is 7.61. The molecular formula is C12H14N4O5S. The van der Waals surface area contributed by atoms with Crippen molar-refractivity contribution < 1.29 is 22.5 Å². The van der Waals surface area contributed by atoms with Gasteiger partial charge in [0.05, 0.1) is 32.1 Å². The Balaban J connectivity index is 1.90. The lowest BCUT2D eigenvalue weighted by molar-refractivity contribution is 0.0593. The summed E-state index contributed by atoms with van der Waals surface area (Å²) in [5.41, 5.74) is 0.794. The van der Waals surface area contributed by atoms with Crippen LogP contribution in [0.5, 0.6) is 0 Å². The van der Waals surface area contributed by atoms with Crippen LogP contribution in [-0.2, 0) is 27.8 Å². The molecule has 0 saturated heterocycles. The van der Waals surface area contributed by atoms with E-state index in [0.717, 1.165) is 0 Å². The van der Waals surface area contributed by atoms with E-state index in [-0.39, 0.29) is 29.4 Å². The topological polar surface area (TPSA) is 108 Å². The van der Waals surface area contributed by atoms with Gasteiger partial charge in [0.2, 0.25) is 10.0 Å². The number of methoxy groups -OCH3 is 1. The number of fused-ring (bicyclic) bond motifs is 1. The predicted octanol–water partition coefficient (Wildman–Crippen LogP) is 0.171. The van der Waals surface area contributed by atoms with Crippen LogP contribution in [0.15, 0.2) is 21.7 Å². The second kappa shape index (κ2) is 5.21. The van der Waals surface area contributed by atoms with Gasteiger partial charge in [-0.3, -0.25) is 4.68 Å². The van der Waals surface area contributed by atoms with Gasteiger partial charge in [0.1, 0.15) is 4.90 Å². The summed E-state index contributed by atoms with van der Waals surface area (Å²) >= 11 is 0. The van der Waals surface area contributed by atoms with Crippen LogP contribution in [0.1, 0.15) is 21.9 Å². The number of aryl methyl sites for hydroxylation is 1. The number of rotatable bonds is 3. The molecule has 2 aromatic rings. The van der Waals surface area contributed by atoms with Gasteiger partial charge >= 0.3 is 5.97 Å².